The zero-order chi connectivity index (χ0) is 16.8. The summed E-state index contributed by atoms with van der Waals surface area (Å²) in [7, 11) is 2.02. The third-order valence-corrected chi connectivity index (χ3v) is 5.70. The van der Waals surface area contributed by atoms with Crippen molar-refractivity contribution in [3.63, 3.8) is 0 Å². The molecule has 2 bridgehead atoms. The van der Waals surface area contributed by atoms with E-state index in [0.717, 1.165) is 18.6 Å². The Morgan fingerprint density at radius 1 is 1.38 bits per heavy atom. The van der Waals surface area contributed by atoms with E-state index >= 15 is 0 Å². The number of aromatic carboxylic acids is 1. The van der Waals surface area contributed by atoms with Crippen molar-refractivity contribution < 1.29 is 14.3 Å². The Hall–Kier alpha value is -2.08. The van der Waals surface area contributed by atoms with Crippen molar-refractivity contribution in [1.29, 1.82) is 0 Å². The minimum Gasteiger partial charge on any atom is -0.478 e. The van der Waals surface area contributed by atoms with Crippen LogP contribution in [0.15, 0.2) is 22.7 Å². The Morgan fingerprint density at radius 3 is 2.62 bits per heavy atom. The minimum absolute atomic E-state index is 0.280. The topological polar surface area (TPSA) is 71.5 Å². The summed E-state index contributed by atoms with van der Waals surface area (Å²) in [6.07, 6.45) is 6.58. The standard InChI is InChI=1S/C18H23N3O3/c1-11-16(18(22)23)9-15(24-11)10-21-13-3-4-14(21)8-12(7-13)17-5-6-19-20(17)2/h5-6,9,12-14H,3-4,7-8,10H2,1-2H3,(H,22,23). The number of aryl methyl sites for hydroxylation is 2. The number of fused-ring (bicyclic) bond motifs is 2. The van der Waals surface area contributed by atoms with E-state index in [0.29, 0.717) is 30.3 Å². The molecule has 0 aromatic carbocycles. The first-order chi connectivity index (χ1) is 11.5. The van der Waals surface area contributed by atoms with Crippen LogP contribution in [0.25, 0.3) is 0 Å². The average Bonchev–Trinajstić information content (AvgIpc) is 3.17. The summed E-state index contributed by atoms with van der Waals surface area (Å²) >= 11 is 0. The highest BCUT2D eigenvalue weighted by atomic mass is 16.4. The third-order valence-electron chi connectivity index (χ3n) is 5.70. The SMILES string of the molecule is Cc1oc(CN2C3CCC2CC(c2ccnn2C)C3)cc1C(=O)O. The van der Waals surface area contributed by atoms with E-state index in [4.69, 9.17) is 4.42 Å². The van der Waals surface area contributed by atoms with Crippen LogP contribution in [-0.2, 0) is 13.6 Å². The van der Waals surface area contributed by atoms with Gasteiger partial charge in [-0.15, -0.1) is 0 Å². The number of carboxylic acids is 1. The molecule has 24 heavy (non-hydrogen) atoms. The van der Waals surface area contributed by atoms with Crippen LogP contribution in [0, 0.1) is 6.92 Å². The fourth-order valence-electron chi connectivity index (χ4n) is 4.57. The molecular weight excluding hydrogens is 306 g/mol. The van der Waals surface area contributed by atoms with Gasteiger partial charge in [0.2, 0.25) is 0 Å². The van der Waals surface area contributed by atoms with Crippen molar-refractivity contribution in [2.45, 2.75) is 57.2 Å². The maximum Gasteiger partial charge on any atom is 0.339 e. The van der Waals surface area contributed by atoms with E-state index in [1.165, 1.54) is 18.5 Å². The molecular formula is C18H23N3O3. The number of hydrogen-bond acceptors (Lipinski definition) is 4. The van der Waals surface area contributed by atoms with Crippen molar-refractivity contribution in [2.24, 2.45) is 7.05 Å². The molecule has 6 nitrogen and oxygen atoms in total. The van der Waals surface area contributed by atoms with E-state index in [9.17, 15) is 9.90 Å². The van der Waals surface area contributed by atoms with Crippen molar-refractivity contribution in [2.75, 3.05) is 0 Å². The molecule has 2 aliphatic heterocycles. The lowest BCUT2D eigenvalue weighted by Crippen LogP contribution is -2.41. The number of rotatable bonds is 4. The number of furan rings is 1. The van der Waals surface area contributed by atoms with Gasteiger partial charge in [0.25, 0.3) is 0 Å². The van der Waals surface area contributed by atoms with Gasteiger partial charge < -0.3 is 9.52 Å². The predicted molar refractivity (Wildman–Crippen MR) is 87.9 cm³/mol. The number of carboxylic acid groups (broad SMARTS) is 1. The number of carbonyl (C=O) groups is 1. The molecule has 0 aliphatic carbocycles. The van der Waals surface area contributed by atoms with Crippen molar-refractivity contribution >= 4 is 5.97 Å². The highest BCUT2D eigenvalue weighted by molar-refractivity contribution is 5.88. The molecule has 4 rings (SSSR count). The summed E-state index contributed by atoms with van der Waals surface area (Å²) in [5.74, 6) is 0.912. The molecule has 2 aliphatic rings. The molecule has 4 heterocycles. The second-order valence-corrected chi connectivity index (χ2v) is 7.09. The molecule has 2 saturated heterocycles. The van der Waals surface area contributed by atoms with Gasteiger partial charge in [-0.25, -0.2) is 4.79 Å². The van der Waals surface area contributed by atoms with Crippen molar-refractivity contribution in [3.05, 3.63) is 41.1 Å². The largest absolute Gasteiger partial charge is 0.478 e. The van der Waals surface area contributed by atoms with Gasteiger partial charge in [0.15, 0.2) is 0 Å². The summed E-state index contributed by atoms with van der Waals surface area (Å²) in [6, 6.07) is 4.91. The van der Waals surface area contributed by atoms with Gasteiger partial charge in [-0.3, -0.25) is 9.58 Å². The van der Waals surface area contributed by atoms with Gasteiger partial charge in [-0.05, 0) is 44.7 Å². The molecule has 6 heteroatoms. The first kappa shape index (κ1) is 15.4. The van der Waals surface area contributed by atoms with Crippen LogP contribution in [0.4, 0.5) is 0 Å². The molecule has 0 saturated carbocycles. The van der Waals surface area contributed by atoms with E-state index in [1.54, 1.807) is 13.0 Å². The summed E-state index contributed by atoms with van der Waals surface area (Å²) < 4.78 is 7.68. The van der Waals surface area contributed by atoms with Crippen molar-refractivity contribution in [1.82, 2.24) is 14.7 Å². The minimum atomic E-state index is -0.916. The zero-order valence-corrected chi connectivity index (χ0v) is 14.1. The van der Waals surface area contributed by atoms with Crippen LogP contribution in [0.2, 0.25) is 0 Å². The average molecular weight is 329 g/mol. The molecule has 128 valence electrons. The van der Waals surface area contributed by atoms with Crippen LogP contribution in [-0.4, -0.2) is 37.8 Å². The monoisotopic (exact) mass is 329 g/mol. The maximum atomic E-state index is 11.2. The highest BCUT2D eigenvalue weighted by Gasteiger charge is 2.42. The summed E-state index contributed by atoms with van der Waals surface area (Å²) in [5, 5.41) is 13.5. The first-order valence-electron chi connectivity index (χ1n) is 8.59. The molecule has 0 spiro atoms. The van der Waals surface area contributed by atoms with Crippen LogP contribution < -0.4 is 0 Å². The lowest BCUT2D eigenvalue weighted by molar-refractivity contribution is 0.0695. The van der Waals surface area contributed by atoms with Crippen LogP contribution >= 0.6 is 0 Å². The van der Waals surface area contributed by atoms with Gasteiger partial charge in [-0.2, -0.15) is 5.10 Å². The zero-order valence-electron chi connectivity index (χ0n) is 14.1. The highest BCUT2D eigenvalue weighted by Crippen LogP contribution is 2.43. The Bertz CT molecular complexity index is 749. The first-order valence-corrected chi connectivity index (χ1v) is 8.59. The lowest BCUT2D eigenvalue weighted by atomic mass is 9.88. The number of hydrogen-bond donors (Lipinski definition) is 1. The van der Waals surface area contributed by atoms with Crippen LogP contribution in [0.5, 0.6) is 0 Å². The Kier molecular flexibility index (Phi) is 3.72. The van der Waals surface area contributed by atoms with Crippen LogP contribution in [0.1, 0.15) is 59.2 Å². The summed E-state index contributed by atoms with van der Waals surface area (Å²) in [5.41, 5.74) is 1.61. The second kappa shape index (κ2) is 5.77. The lowest BCUT2D eigenvalue weighted by Gasteiger charge is -2.38. The Balaban J connectivity index is 1.50. The molecule has 2 atom stereocenters. The van der Waals surface area contributed by atoms with Gasteiger partial charge >= 0.3 is 5.97 Å². The predicted octanol–water partition coefficient (Wildman–Crippen LogP) is 2.93. The molecule has 2 aromatic heterocycles. The fraction of sp³-hybridized carbons (Fsp3) is 0.556. The van der Waals surface area contributed by atoms with Gasteiger partial charge in [0.05, 0.1) is 6.54 Å². The molecule has 2 unspecified atom stereocenters. The number of aromatic nitrogens is 2. The van der Waals surface area contributed by atoms with Gasteiger partial charge in [-0.1, -0.05) is 0 Å². The second-order valence-electron chi connectivity index (χ2n) is 7.09. The third kappa shape index (κ3) is 2.55. The van der Waals surface area contributed by atoms with Crippen LogP contribution in [0.3, 0.4) is 0 Å². The number of nitrogens with zero attached hydrogens (tertiary/aromatic N) is 3. The fourth-order valence-corrected chi connectivity index (χ4v) is 4.57. The molecule has 0 radical (unpaired) electrons. The van der Waals surface area contributed by atoms with Gasteiger partial charge in [0.1, 0.15) is 17.1 Å². The molecule has 0 amide bonds. The van der Waals surface area contributed by atoms with E-state index < -0.39 is 5.97 Å². The van der Waals surface area contributed by atoms with Crippen molar-refractivity contribution in [3.8, 4) is 0 Å². The normalized spacial score (nSPS) is 26.8. The van der Waals surface area contributed by atoms with Gasteiger partial charge in [0, 0.05) is 36.9 Å². The quantitative estimate of drug-likeness (QED) is 0.934. The van der Waals surface area contributed by atoms with E-state index in [2.05, 4.69) is 16.1 Å². The number of piperidine rings is 1. The van der Waals surface area contributed by atoms with E-state index in [-0.39, 0.29) is 5.56 Å². The molecule has 1 N–H and O–H groups in total. The Labute approximate surface area is 141 Å². The molecule has 2 aromatic rings. The maximum absolute atomic E-state index is 11.2. The summed E-state index contributed by atoms with van der Waals surface area (Å²) in [4.78, 5) is 13.7. The van der Waals surface area contributed by atoms with E-state index in [1.807, 2.05) is 17.9 Å². The smallest absolute Gasteiger partial charge is 0.339 e. The summed E-state index contributed by atoms with van der Waals surface area (Å²) in [6.45, 7) is 2.43. The molecule has 2 fully saturated rings. The Morgan fingerprint density at radius 2 is 2.08 bits per heavy atom.